The zero-order valence-corrected chi connectivity index (χ0v) is 17.9. The van der Waals surface area contributed by atoms with Crippen molar-refractivity contribution in [3.8, 4) is 16.9 Å². The number of amidine groups is 1. The Morgan fingerprint density at radius 2 is 1.94 bits per heavy atom. The van der Waals surface area contributed by atoms with Crippen molar-refractivity contribution in [2.75, 3.05) is 29.5 Å². The zero-order chi connectivity index (χ0) is 21.7. The Labute approximate surface area is 180 Å². The third-order valence-electron chi connectivity index (χ3n) is 6.27. The zero-order valence-electron chi connectivity index (χ0n) is 17.9. The minimum absolute atomic E-state index is 0.166. The third kappa shape index (κ3) is 3.31. The monoisotopic (exact) mass is 423 g/mol. The summed E-state index contributed by atoms with van der Waals surface area (Å²) in [6.45, 7) is 8.02. The number of hydrazone groups is 1. The van der Waals surface area contributed by atoms with Gasteiger partial charge in [0.15, 0.2) is 5.84 Å². The predicted octanol–water partition coefficient (Wildman–Crippen LogP) is 2.71. The molecule has 0 bridgehead atoms. The van der Waals surface area contributed by atoms with Gasteiger partial charge < -0.3 is 19.9 Å². The smallest absolute Gasteiger partial charge is 0.262 e. The maximum absolute atomic E-state index is 14.9. The number of amides is 1. The van der Waals surface area contributed by atoms with Gasteiger partial charge in [0.05, 0.1) is 5.69 Å². The molecule has 3 heterocycles. The number of carbonyl (C=O) groups excluding carboxylic acids is 1. The van der Waals surface area contributed by atoms with E-state index in [0.717, 1.165) is 30.0 Å². The lowest BCUT2D eigenvalue weighted by atomic mass is 9.97. The molecule has 0 saturated carbocycles. The fraction of sp³-hybridized carbons (Fsp3) is 0.391. The Balaban J connectivity index is 1.71. The van der Waals surface area contributed by atoms with E-state index in [-0.39, 0.29) is 24.4 Å². The average molecular weight is 423 g/mol. The molecule has 0 spiro atoms. The summed E-state index contributed by atoms with van der Waals surface area (Å²) in [5, 5.41) is 7.68. The largest absolute Gasteiger partial charge is 0.483 e. The summed E-state index contributed by atoms with van der Waals surface area (Å²) < 4.78 is 20.8. The van der Waals surface area contributed by atoms with Gasteiger partial charge in [-0.1, -0.05) is 18.2 Å². The summed E-state index contributed by atoms with van der Waals surface area (Å²) in [7, 11) is 0. The van der Waals surface area contributed by atoms with Gasteiger partial charge in [-0.25, -0.2) is 9.82 Å². The molecule has 2 N–H and O–H groups in total. The van der Waals surface area contributed by atoms with Crippen LogP contribution in [0.25, 0.3) is 11.1 Å². The number of halogens is 1. The van der Waals surface area contributed by atoms with E-state index >= 15 is 0 Å². The van der Waals surface area contributed by atoms with Crippen LogP contribution >= 0.6 is 0 Å². The molecule has 1 amide bonds. The maximum Gasteiger partial charge on any atom is 0.262 e. The number of ether oxygens (including phenoxy) is 1. The van der Waals surface area contributed by atoms with E-state index in [9.17, 15) is 9.18 Å². The number of nitrogens with zero attached hydrogens (tertiary/aromatic N) is 3. The molecular formula is C23H26FN5O2. The van der Waals surface area contributed by atoms with Gasteiger partial charge in [0, 0.05) is 42.0 Å². The molecule has 31 heavy (non-hydrogen) atoms. The van der Waals surface area contributed by atoms with E-state index in [1.165, 1.54) is 6.07 Å². The number of nitrogens with one attached hydrogen (secondary N) is 2. The van der Waals surface area contributed by atoms with Crippen LogP contribution in [0.1, 0.15) is 20.8 Å². The van der Waals surface area contributed by atoms with Crippen LogP contribution in [-0.2, 0) is 4.79 Å². The van der Waals surface area contributed by atoms with Gasteiger partial charge in [0.1, 0.15) is 24.2 Å². The van der Waals surface area contributed by atoms with E-state index < -0.39 is 6.04 Å². The topological polar surface area (TPSA) is 69.2 Å². The molecule has 7 nitrogen and oxygen atoms in total. The van der Waals surface area contributed by atoms with Crippen LogP contribution in [0.4, 0.5) is 15.8 Å². The first-order valence-electron chi connectivity index (χ1n) is 10.7. The lowest BCUT2D eigenvalue weighted by Gasteiger charge is -2.42. The highest BCUT2D eigenvalue weighted by atomic mass is 19.1. The van der Waals surface area contributed by atoms with Crippen LogP contribution in [0.3, 0.4) is 0 Å². The number of hydrogen-bond donors (Lipinski definition) is 2. The van der Waals surface area contributed by atoms with Gasteiger partial charge in [0.2, 0.25) is 0 Å². The van der Waals surface area contributed by atoms with Gasteiger partial charge in [-0.2, -0.15) is 5.10 Å². The van der Waals surface area contributed by atoms with Gasteiger partial charge in [-0.05, 0) is 39.0 Å². The van der Waals surface area contributed by atoms with Gasteiger partial charge in [-0.15, -0.1) is 0 Å². The molecule has 0 radical (unpaired) electrons. The fourth-order valence-corrected chi connectivity index (χ4v) is 4.55. The number of fused-ring (bicyclic) bond motifs is 3. The number of piperazine rings is 1. The Morgan fingerprint density at radius 1 is 1.13 bits per heavy atom. The number of benzene rings is 2. The van der Waals surface area contributed by atoms with Crippen molar-refractivity contribution < 1.29 is 13.9 Å². The fourth-order valence-electron chi connectivity index (χ4n) is 4.55. The van der Waals surface area contributed by atoms with Gasteiger partial charge >= 0.3 is 0 Å². The first kappa shape index (κ1) is 19.8. The van der Waals surface area contributed by atoms with Crippen molar-refractivity contribution in [3.63, 3.8) is 0 Å². The second-order valence-corrected chi connectivity index (χ2v) is 8.47. The first-order chi connectivity index (χ1) is 14.9. The maximum atomic E-state index is 14.9. The van der Waals surface area contributed by atoms with Crippen molar-refractivity contribution in [3.05, 3.63) is 42.2 Å². The summed E-state index contributed by atoms with van der Waals surface area (Å²) in [6.07, 6.45) is 0. The van der Waals surface area contributed by atoms with Crippen molar-refractivity contribution in [2.24, 2.45) is 5.10 Å². The minimum atomic E-state index is -0.415. The Hall–Kier alpha value is -3.13. The molecule has 3 atom stereocenters. The van der Waals surface area contributed by atoms with E-state index in [1.54, 1.807) is 12.1 Å². The summed E-state index contributed by atoms with van der Waals surface area (Å²) in [4.78, 5) is 16.5. The molecule has 2 aromatic carbocycles. The highest BCUT2D eigenvalue weighted by Crippen LogP contribution is 2.45. The van der Waals surface area contributed by atoms with Crippen LogP contribution in [0.15, 0.2) is 41.5 Å². The molecule has 0 aromatic heterocycles. The van der Waals surface area contributed by atoms with E-state index in [4.69, 9.17) is 4.74 Å². The highest BCUT2D eigenvalue weighted by molar-refractivity contribution is 6.10. The van der Waals surface area contributed by atoms with Crippen LogP contribution < -0.4 is 25.3 Å². The van der Waals surface area contributed by atoms with Crippen LogP contribution in [0.2, 0.25) is 0 Å². The summed E-state index contributed by atoms with van der Waals surface area (Å²) >= 11 is 0. The summed E-state index contributed by atoms with van der Waals surface area (Å²) in [5.41, 5.74) is 5.58. The standard InChI is InChI=1S/C23H26FN5O2/c1-13-11-28(14(2)10-25-13)19-9-20-21(8-17(19)16-6-4-5-7-18(16)24)31-12-22-26-27-23(30)15(3)29(20)22/h4-9,13-15,25H,10-12H2,1-3H3,(H,27,30)/t13-,14+,15?/m0/s1. The van der Waals surface area contributed by atoms with Crippen molar-refractivity contribution in [1.82, 2.24) is 10.7 Å². The number of rotatable bonds is 2. The van der Waals surface area contributed by atoms with Crippen LogP contribution in [-0.4, -0.2) is 49.6 Å². The van der Waals surface area contributed by atoms with Gasteiger partial charge in [-0.3, -0.25) is 4.79 Å². The number of carbonyl (C=O) groups is 1. The first-order valence-corrected chi connectivity index (χ1v) is 10.7. The molecule has 0 aliphatic carbocycles. The summed E-state index contributed by atoms with van der Waals surface area (Å²) in [5.74, 6) is 0.841. The molecule has 8 heteroatoms. The molecule has 1 unspecified atom stereocenters. The highest BCUT2D eigenvalue weighted by Gasteiger charge is 2.37. The average Bonchev–Trinajstić information content (AvgIpc) is 2.77. The second kappa shape index (κ2) is 7.53. The van der Waals surface area contributed by atoms with Gasteiger partial charge in [0.25, 0.3) is 5.91 Å². The normalized spacial score (nSPS) is 25.2. The van der Waals surface area contributed by atoms with Crippen molar-refractivity contribution >= 4 is 23.1 Å². The van der Waals surface area contributed by atoms with Crippen molar-refractivity contribution in [1.29, 1.82) is 0 Å². The molecule has 162 valence electrons. The van der Waals surface area contributed by atoms with E-state index in [0.29, 0.717) is 23.2 Å². The van der Waals surface area contributed by atoms with Crippen molar-refractivity contribution in [2.45, 2.75) is 38.9 Å². The number of anilines is 2. The Kier molecular flexibility index (Phi) is 4.81. The lowest BCUT2D eigenvalue weighted by molar-refractivity contribution is -0.122. The Bertz CT molecular complexity index is 1070. The van der Waals surface area contributed by atoms with Crippen LogP contribution in [0.5, 0.6) is 5.75 Å². The lowest BCUT2D eigenvalue weighted by Crippen LogP contribution is -2.56. The molecule has 1 saturated heterocycles. The predicted molar refractivity (Wildman–Crippen MR) is 119 cm³/mol. The second-order valence-electron chi connectivity index (χ2n) is 8.47. The summed E-state index contributed by atoms with van der Waals surface area (Å²) in [6, 6.07) is 10.8. The molecular weight excluding hydrogens is 397 g/mol. The molecule has 1 fully saturated rings. The quantitative estimate of drug-likeness (QED) is 0.778. The minimum Gasteiger partial charge on any atom is -0.483 e. The molecule has 2 aromatic rings. The number of hydrogen-bond acceptors (Lipinski definition) is 6. The van der Waals surface area contributed by atoms with E-state index in [2.05, 4.69) is 34.6 Å². The molecule has 3 aliphatic rings. The molecule has 3 aliphatic heterocycles. The molecule has 5 rings (SSSR count). The van der Waals surface area contributed by atoms with Crippen LogP contribution in [0, 0.1) is 5.82 Å². The SMILES string of the molecule is CC1C(=O)NN=C2COc3cc(-c4ccccc4F)c(N4C[C@H](C)NC[C@H]4C)cc3N21. The third-order valence-corrected chi connectivity index (χ3v) is 6.27. The Morgan fingerprint density at radius 3 is 2.74 bits per heavy atom. The van der Waals surface area contributed by atoms with E-state index in [1.807, 2.05) is 30.0 Å².